The molecule has 0 rings (SSSR count). The molecule has 6 heteroatoms. The number of allylic oxidation sites excluding steroid dienone is 8. The van der Waals surface area contributed by atoms with E-state index in [-0.39, 0.29) is 31.1 Å². The smallest absolute Gasteiger partial charge is 0.306 e. The van der Waals surface area contributed by atoms with Gasteiger partial charge in [0.25, 0.3) is 0 Å². The highest BCUT2D eigenvalue weighted by Gasteiger charge is 2.19. The minimum atomic E-state index is -0.779. The topological polar surface area (TPSA) is 78.9 Å². The highest BCUT2D eigenvalue weighted by Crippen LogP contribution is 2.18. The Balaban J connectivity index is 4.35. The lowest BCUT2D eigenvalue weighted by Gasteiger charge is -2.18. The number of esters is 3. The largest absolute Gasteiger partial charge is 0.462 e. The molecule has 1 unspecified atom stereocenters. The molecule has 0 aromatic carbocycles. The third-order valence-corrected chi connectivity index (χ3v) is 15.6. The first kappa shape index (κ1) is 75.4. The molecule has 0 aromatic rings. The number of rotatable bonds is 64. The van der Waals surface area contributed by atoms with Gasteiger partial charge >= 0.3 is 17.9 Å². The summed E-state index contributed by atoms with van der Waals surface area (Å²) in [6.45, 7) is 6.67. The quantitative estimate of drug-likeness (QED) is 0.0261. The van der Waals surface area contributed by atoms with Crippen LogP contribution in [0, 0.1) is 0 Å². The first-order valence-corrected chi connectivity index (χ1v) is 34.6. The van der Waals surface area contributed by atoms with Gasteiger partial charge in [0, 0.05) is 19.3 Å². The zero-order chi connectivity index (χ0) is 56.4. The Hall–Kier alpha value is -2.63. The number of hydrogen-bond donors (Lipinski definition) is 0. The van der Waals surface area contributed by atoms with E-state index in [1.54, 1.807) is 0 Å². The van der Waals surface area contributed by atoms with Gasteiger partial charge in [0.1, 0.15) is 13.2 Å². The van der Waals surface area contributed by atoms with Crippen LogP contribution in [0.3, 0.4) is 0 Å². The lowest BCUT2D eigenvalue weighted by molar-refractivity contribution is -0.167. The summed E-state index contributed by atoms with van der Waals surface area (Å²) in [5.41, 5.74) is 0. The summed E-state index contributed by atoms with van der Waals surface area (Å²) in [7, 11) is 0. The second-order valence-electron chi connectivity index (χ2n) is 23.4. The Morgan fingerprint density at radius 2 is 0.462 bits per heavy atom. The molecule has 6 nitrogen and oxygen atoms in total. The number of carbonyl (C=O) groups excluding carboxylic acids is 3. The van der Waals surface area contributed by atoms with Crippen LogP contribution in [0.15, 0.2) is 48.6 Å². The van der Waals surface area contributed by atoms with Crippen molar-refractivity contribution in [2.45, 2.75) is 380 Å². The van der Waals surface area contributed by atoms with Gasteiger partial charge in [-0.15, -0.1) is 0 Å². The summed E-state index contributed by atoms with van der Waals surface area (Å²) in [5, 5.41) is 0. The maximum absolute atomic E-state index is 13.0. The van der Waals surface area contributed by atoms with Gasteiger partial charge < -0.3 is 14.2 Å². The van der Waals surface area contributed by atoms with E-state index in [9.17, 15) is 14.4 Å². The van der Waals surface area contributed by atoms with Gasteiger partial charge in [0.05, 0.1) is 0 Å². The van der Waals surface area contributed by atoms with Crippen LogP contribution in [0.4, 0.5) is 0 Å². The molecule has 0 saturated heterocycles. The van der Waals surface area contributed by atoms with Gasteiger partial charge in [-0.05, 0) is 83.5 Å². The van der Waals surface area contributed by atoms with Crippen molar-refractivity contribution in [2.75, 3.05) is 13.2 Å². The molecule has 0 heterocycles. The number of hydrogen-bond acceptors (Lipinski definition) is 6. The van der Waals surface area contributed by atoms with E-state index >= 15 is 0 Å². The zero-order valence-electron chi connectivity index (χ0n) is 52.5. The molecule has 0 radical (unpaired) electrons. The molecule has 456 valence electrons. The van der Waals surface area contributed by atoms with Crippen molar-refractivity contribution >= 4 is 17.9 Å². The van der Waals surface area contributed by atoms with Crippen molar-refractivity contribution in [2.24, 2.45) is 0 Å². The van der Waals surface area contributed by atoms with E-state index in [1.165, 1.54) is 257 Å². The lowest BCUT2D eigenvalue weighted by Crippen LogP contribution is -2.30. The number of unbranched alkanes of at least 4 members (excludes halogenated alkanes) is 45. The van der Waals surface area contributed by atoms with Crippen LogP contribution in [-0.2, 0) is 28.6 Å². The van der Waals surface area contributed by atoms with Crippen molar-refractivity contribution < 1.29 is 28.6 Å². The van der Waals surface area contributed by atoms with Gasteiger partial charge in [-0.3, -0.25) is 14.4 Å². The lowest BCUT2D eigenvalue weighted by atomic mass is 10.0. The molecule has 0 N–H and O–H groups in total. The summed E-state index contributed by atoms with van der Waals surface area (Å²) in [6.07, 6.45) is 84.1. The van der Waals surface area contributed by atoms with Gasteiger partial charge in [0.2, 0.25) is 0 Å². The van der Waals surface area contributed by atoms with Gasteiger partial charge in [-0.25, -0.2) is 0 Å². The zero-order valence-corrected chi connectivity index (χ0v) is 52.5. The maximum atomic E-state index is 13.0. The predicted molar refractivity (Wildman–Crippen MR) is 339 cm³/mol. The first-order valence-electron chi connectivity index (χ1n) is 34.6. The fraction of sp³-hybridized carbons (Fsp3) is 0.847. The second kappa shape index (κ2) is 66.9. The van der Waals surface area contributed by atoms with Gasteiger partial charge in [0.15, 0.2) is 6.10 Å². The molecule has 0 fully saturated rings. The van der Waals surface area contributed by atoms with Crippen LogP contribution in [0.1, 0.15) is 374 Å². The SMILES string of the molecule is CCCCC/C=C\C/C=C\C/C=C\CCCCCCCCC(=O)OCC(COC(=O)CCCCCCCCCCC/C=C\CCCCCCCCCC)OC(=O)CCCCCCCCCCCCCCCCCCCCCC. The third-order valence-electron chi connectivity index (χ3n) is 15.6. The summed E-state index contributed by atoms with van der Waals surface area (Å²) in [5.74, 6) is -0.863. The first-order chi connectivity index (χ1) is 38.5. The maximum Gasteiger partial charge on any atom is 0.306 e. The summed E-state index contributed by atoms with van der Waals surface area (Å²) < 4.78 is 17.0. The van der Waals surface area contributed by atoms with Crippen molar-refractivity contribution in [3.63, 3.8) is 0 Å². The van der Waals surface area contributed by atoms with E-state index in [2.05, 4.69) is 69.4 Å². The summed E-state index contributed by atoms with van der Waals surface area (Å²) in [4.78, 5) is 38.5. The Labute approximate surface area is 486 Å². The average Bonchev–Trinajstić information content (AvgIpc) is 3.44. The van der Waals surface area contributed by atoms with Gasteiger partial charge in [-0.1, -0.05) is 320 Å². The van der Waals surface area contributed by atoms with Crippen LogP contribution >= 0.6 is 0 Å². The molecular formula is C72H132O6. The molecule has 0 aliphatic rings. The summed E-state index contributed by atoms with van der Waals surface area (Å²) >= 11 is 0. The molecular weight excluding hydrogens is 961 g/mol. The number of carbonyl (C=O) groups is 3. The van der Waals surface area contributed by atoms with Crippen LogP contribution < -0.4 is 0 Å². The monoisotopic (exact) mass is 1090 g/mol. The molecule has 0 aliphatic carbocycles. The molecule has 0 bridgehead atoms. The average molecular weight is 1090 g/mol. The molecule has 0 aromatic heterocycles. The Morgan fingerprint density at radius 3 is 0.756 bits per heavy atom. The molecule has 0 spiro atoms. The molecule has 0 aliphatic heterocycles. The van der Waals surface area contributed by atoms with Crippen LogP contribution in [0.25, 0.3) is 0 Å². The highest BCUT2D eigenvalue weighted by atomic mass is 16.6. The van der Waals surface area contributed by atoms with E-state index in [1.807, 2.05) is 0 Å². The van der Waals surface area contributed by atoms with Crippen LogP contribution in [-0.4, -0.2) is 37.2 Å². The number of ether oxygens (including phenoxy) is 3. The molecule has 0 amide bonds. The minimum absolute atomic E-state index is 0.0745. The fourth-order valence-electron chi connectivity index (χ4n) is 10.3. The Kier molecular flexibility index (Phi) is 64.6. The van der Waals surface area contributed by atoms with E-state index < -0.39 is 6.10 Å². The standard InChI is InChI=1S/C72H132O6/c1-4-7-10-13-16-19-22-25-28-31-34-36-39-41-44-47-50-53-56-59-62-65-71(74)77-68-69(67-76-70(73)64-61-58-55-52-49-46-43-40-37-33-30-27-24-21-18-15-12-9-6-3)78-72(75)66-63-60-57-54-51-48-45-42-38-35-32-29-26-23-20-17-14-11-8-5-2/h18,21,27,30-31,34,37,40,69H,4-17,19-20,22-26,28-29,32-33,35-36,38-39,41-68H2,1-3H3/b21-18-,30-27-,34-31-,40-37-. The molecule has 0 saturated carbocycles. The van der Waals surface area contributed by atoms with E-state index in [0.717, 1.165) is 77.0 Å². The molecule has 1 atom stereocenters. The fourth-order valence-corrected chi connectivity index (χ4v) is 10.3. The Bertz CT molecular complexity index is 1350. The second-order valence-corrected chi connectivity index (χ2v) is 23.4. The Morgan fingerprint density at radius 1 is 0.256 bits per heavy atom. The van der Waals surface area contributed by atoms with Crippen LogP contribution in [0.5, 0.6) is 0 Å². The normalized spacial score (nSPS) is 12.3. The minimum Gasteiger partial charge on any atom is -0.462 e. The van der Waals surface area contributed by atoms with Gasteiger partial charge in [-0.2, -0.15) is 0 Å². The third kappa shape index (κ3) is 64.2. The highest BCUT2D eigenvalue weighted by molar-refractivity contribution is 5.71. The van der Waals surface area contributed by atoms with Crippen molar-refractivity contribution in [3.8, 4) is 0 Å². The van der Waals surface area contributed by atoms with Crippen molar-refractivity contribution in [1.82, 2.24) is 0 Å². The van der Waals surface area contributed by atoms with Crippen molar-refractivity contribution in [1.29, 1.82) is 0 Å². The van der Waals surface area contributed by atoms with E-state index in [0.29, 0.717) is 19.3 Å². The van der Waals surface area contributed by atoms with Crippen molar-refractivity contribution in [3.05, 3.63) is 48.6 Å². The summed E-state index contributed by atoms with van der Waals surface area (Å²) in [6, 6.07) is 0. The van der Waals surface area contributed by atoms with Crippen LogP contribution in [0.2, 0.25) is 0 Å². The predicted octanol–water partition coefficient (Wildman–Crippen LogP) is 23.7. The molecule has 78 heavy (non-hydrogen) atoms. The van der Waals surface area contributed by atoms with E-state index in [4.69, 9.17) is 14.2 Å².